The Hall–Kier alpha value is -1.84. The lowest BCUT2D eigenvalue weighted by molar-refractivity contribution is 0.302. The Morgan fingerprint density at radius 3 is 1.95 bits per heavy atom. The number of hydrogen-bond donors (Lipinski definition) is 0. The molecule has 2 unspecified atom stereocenters. The van der Waals surface area contributed by atoms with Crippen molar-refractivity contribution < 1.29 is 14.2 Å². The summed E-state index contributed by atoms with van der Waals surface area (Å²) in [5.74, 6) is 0.911. The Labute approximate surface area is 130 Å². The normalized spacial score (nSPS) is 22.4. The number of epoxide rings is 2. The van der Waals surface area contributed by atoms with E-state index in [-0.39, 0.29) is 0 Å². The van der Waals surface area contributed by atoms with Gasteiger partial charge in [-0.25, -0.2) is 0 Å². The molecule has 4 rings (SSSR count). The number of ether oxygens (including phenoxy) is 3. The first-order valence-electron chi connectivity index (χ1n) is 7.89. The van der Waals surface area contributed by atoms with Gasteiger partial charge in [0.15, 0.2) is 0 Å². The number of rotatable bonds is 7. The molecule has 0 aromatic heterocycles. The van der Waals surface area contributed by atoms with E-state index in [4.69, 9.17) is 14.2 Å². The Bertz CT molecular complexity index is 598. The molecule has 2 aliphatic heterocycles. The summed E-state index contributed by atoms with van der Waals surface area (Å²) in [6.07, 6.45) is 2.74. The third kappa shape index (κ3) is 3.49. The van der Waals surface area contributed by atoms with Crippen LogP contribution in [0.2, 0.25) is 0 Å². The van der Waals surface area contributed by atoms with Crippen LogP contribution in [0.15, 0.2) is 48.5 Å². The smallest absolute Gasteiger partial charge is 0.119 e. The molecule has 0 saturated carbocycles. The van der Waals surface area contributed by atoms with Crippen LogP contribution in [0.1, 0.15) is 16.7 Å². The fraction of sp³-hybridized carbons (Fsp3) is 0.368. The van der Waals surface area contributed by atoms with Crippen LogP contribution in [0.3, 0.4) is 0 Å². The minimum absolute atomic E-state index is 0.392. The van der Waals surface area contributed by atoms with Gasteiger partial charge in [-0.05, 0) is 28.8 Å². The number of benzene rings is 2. The van der Waals surface area contributed by atoms with Crippen LogP contribution in [0.5, 0.6) is 5.75 Å². The Balaban J connectivity index is 1.55. The van der Waals surface area contributed by atoms with Crippen molar-refractivity contribution in [2.75, 3.05) is 13.2 Å². The highest BCUT2D eigenvalue weighted by atomic mass is 16.6. The summed E-state index contributed by atoms with van der Waals surface area (Å²) in [4.78, 5) is 0. The molecule has 0 spiro atoms. The summed E-state index contributed by atoms with van der Waals surface area (Å²) in [7, 11) is 0. The van der Waals surface area contributed by atoms with Gasteiger partial charge < -0.3 is 14.2 Å². The molecule has 0 radical (unpaired) electrons. The topological polar surface area (TPSA) is 34.3 Å². The molecule has 3 heteroatoms. The van der Waals surface area contributed by atoms with Crippen LogP contribution in [-0.2, 0) is 28.9 Å². The van der Waals surface area contributed by atoms with Crippen molar-refractivity contribution in [3.63, 3.8) is 0 Å². The standard InChI is InChI=1S/C19H20O3/c1-2-7-16(8-3-1)22-13-19-14(9-17-11-20-17)5-4-6-15(19)10-18-12-21-18/h1-8,17-18H,9-13H2. The zero-order valence-electron chi connectivity index (χ0n) is 12.5. The third-order valence-electron chi connectivity index (χ3n) is 4.20. The number of hydrogen-bond acceptors (Lipinski definition) is 3. The predicted octanol–water partition coefficient (Wildman–Crippen LogP) is 3.15. The highest BCUT2D eigenvalue weighted by molar-refractivity contribution is 5.37. The Kier molecular flexibility index (Phi) is 3.83. The molecule has 22 heavy (non-hydrogen) atoms. The summed E-state index contributed by atoms with van der Waals surface area (Å²) >= 11 is 0. The molecule has 2 aromatic rings. The lowest BCUT2D eigenvalue weighted by atomic mass is 9.95. The maximum atomic E-state index is 6.00. The number of para-hydroxylation sites is 1. The molecule has 0 amide bonds. The van der Waals surface area contributed by atoms with Gasteiger partial charge in [0.05, 0.1) is 25.4 Å². The fourth-order valence-electron chi connectivity index (χ4n) is 2.79. The van der Waals surface area contributed by atoms with E-state index >= 15 is 0 Å². The molecule has 114 valence electrons. The molecule has 2 aromatic carbocycles. The molecule has 2 aliphatic rings. The van der Waals surface area contributed by atoms with Crippen molar-refractivity contribution >= 4 is 0 Å². The van der Waals surface area contributed by atoms with Gasteiger partial charge in [-0.3, -0.25) is 0 Å². The summed E-state index contributed by atoms with van der Waals surface area (Å²) < 4.78 is 16.8. The molecule has 2 atom stereocenters. The molecular weight excluding hydrogens is 276 g/mol. The quantitative estimate of drug-likeness (QED) is 0.736. The first kappa shape index (κ1) is 13.8. The van der Waals surface area contributed by atoms with E-state index in [1.165, 1.54) is 16.7 Å². The zero-order chi connectivity index (χ0) is 14.8. The molecule has 0 aliphatic carbocycles. The minimum atomic E-state index is 0.392. The van der Waals surface area contributed by atoms with Gasteiger partial charge in [-0.2, -0.15) is 0 Å². The van der Waals surface area contributed by atoms with Gasteiger partial charge in [0.2, 0.25) is 0 Å². The van der Waals surface area contributed by atoms with Gasteiger partial charge >= 0.3 is 0 Å². The lowest BCUT2D eigenvalue weighted by Gasteiger charge is -2.15. The highest BCUT2D eigenvalue weighted by Crippen LogP contribution is 2.26. The average molecular weight is 296 g/mol. The van der Waals surface area contributed by atoms with E-state index in [0.717, 1.165) is 31.8 Å². The molecule has 3 nitrogen and oxygen atoms in total. The van der Waals surface area contributed by atoms with Crippen molar-refractivity contribution in [1.82, 2.24) is 0 Å². The Morgan fingerprint density at radius 2 is 1.41 bits per heavy atom. The molecule has 0 N–H and O–H groups in total. The monoisotopic (exact) mass is 296 g/mol. The van der Waals surface area contributed by atoms with Crippen LogP contribution in [-0.4, -0.2) is 25.4 Å². The molecule has 0 bridgehead atoms. The lowest BCUT2D eigenvalue weighted by Crippen LogP contribution is -2.08. The van der Waals surface area contributed by atoms with E-state index in [1.807, 2.05) is 30.3 Å². The summed E-state index contributed by atoms with van der Waals surface area (Å²) in [6.45, 7) is 2.37. The van der Waals surface area contributed by atoms with Crippen LogP contribution in [0.4, 0.5) is 0 Å². The van der Waals surface area contributed by atoms with Gasteiger partial charge in [0, 0.05) is 12.8 Å². The first-order chi connectivity index (χ1) is 10.9. The Morgan fingerprint density at radius 1 is 0.818 bits per heavy atom. The SMILES string of the molecule is c1ccc(OCc2c(CC3CO3)cccc2CC2CO2)cc1. The van der Waals surface area contributed by atoms with E-state index in [0.29, 0.717) is 18.8 Å². The second-order valence-corrected chi connectivity index (χ2v) is 5.98. The van der Waals surface area contributed by atoms with Crippen molar-refractivity contribution in [1.29, 1.82) is 0 Å². The van der Waals surface area contributed by atoms with Gasteiger partial charge in [-0.15, -0.1) is 0 Å². The van der Waals surface area contributed by atoms with Crippen LogP contribution < -0.4 is 4.74 Å². The highest BCUT2D eigenvalue weighted by Gasteiger charge is 2.27. The maximum absolute atomic E-state index is 6.00. The average Bonchev–Trinajstić information content (AvgIpc) is 3.44. The van der Waals surface area contributed by atoms with E-state index in [1.54, 1.807) is 0 Å². The molecule has 2 heterocycles. The maximum Gasteiger partial charge on any atom is 0.119 e. The second kappa shape index (κ2) is 6.11. The van der Waals surface area contributed by atoms with E-state index in [9.17, 15) is 0 Å². The van der Waals surface area contributed by atoms with Crippen LogP contribution >= 0.6 is 0 Å². The first-order valence-corrected chi connectivity index (χ1v) is 7.89. The van der Waals surface area contributed by atoms with Crippen LogP contribution in [0.25, 0.3) is 0 Å². The van der Waals surface area contributed by atoms with Crippen LogP contribution in [0, 0.1) is 0 Å². The van der Waals surface area contributed by atoms with Crippen molar-refractivity contribution in [2.24, 2.45) is 0 Å². The van der Waals surface area contributed by atoms with Crippen molar-refractivity contribution in [2.45, 2.75) is 31.7 Å². The van der Waals surface area contributed by atoms with Crippen molar-refractivity contribution in [3.05, 3.63) is 65.2 Å². The van der Waals surface area contributed by atoms with E-state index in [2.05, 4.69) is 18.2 Å². The second-order valence-electron chi connectivity index (χ2n) is 5.98. The molecule has 2 fully saturated rings. The minimum Gasteiger partial charge on any atom is -0.489 e. The summed E-state index contributed by atoms with van der Waals surface area (Å²) in [6, 6.07) is 16.5. The zero-order valence-corrected chi connectivity index (χ0v) is 12.5. The van der Waals surface area contributed by atoms with E-state index < -0.39 is 0 Å². The van der Waals surface area contributed by atoms with Gasteiger partial charge in [0.25, 0.3) is 0 Å². The molecule has 2 saturated heterocycles. The largest absolute Gasteiger partial charge is 0.489 e. The third-order valence-corrected chi connectivity index (χ3v) is 4.20. The van der Waals surface area contributed by atoms with Gasteiger partial charge in [-0.1, -0.05) is 36.4 Å². The molecular formula is C19H20O3. The summed E-state index contributed by atoms with van der Waals surface area (Å²) in [5, 5.41) is 0. The summed E-state index contributed by atoms with van der Waals surface area (Å²) in [5.41, 5.74) is 3.99. The van der Waals surface area contributed by atoms with Gasteiger partial charge in [0.1, 0.15) is 12.4 Å². The fourth-order valence-corrected chi connectivity index (χ4v) is 2.79. The van der Waals surface area contributed by atoms with Crippen molar-refractivity contribution in [3.8, 4) is 5.75 Å². The predicted molar refractivity (Wildman–Crippen MR) is 84.1 cm³/mol.